The Bertz CT molecular complexity index is 1590. The fraction of sp³-hybridized carbons (Fsp3) is 0.107. The zero-order valence-corrected chi connectivity index (χ0v) is 23.3. The number of carbonyl (C=O) groups is 2. The van der Waals surface area contributed by atoms with E-state index < -0.39 is 21.8 Å². The van der Waals surface area contributed by atoms with E-state index in [-0.39, 0.29) is 30.3 Å². The van der Waals surface area contributed by atoms with E-state index in [0.717, 1.165) is 11.1 Å². The van der Waals surface area contributed by atoms with Crippen LogP contribution in [0.5, 0.6) is 0 Å². The quantitative estimate of drug-likeness (QED) is 0.155. The number of halogens is 2. The number of furan rings is 1. The molecule has 2 N–H and O–H groups in total. The van der Waals surface area contributed by atoms with Crippen molar-refractivity contribution in [2.75, 3.05) is 0 Å². The number of benzene rings is 3. The van der Waals surface area contributed by atoms with Crippen molar-refractivity contribution < 1.29 is 22.4 Å². The molecule has 1 aromatic heterocycles. The highest BCUT2D eigenvalue weighted by molar-refractivity contribution is 7.89. The molecule has 3 aromatic carbocycles. The van der Waals surface area contributed by atoms with Crippen LogP contribution in [-0.2, 0) is 39.2 Å². The van der Waals surface area contributed by atoms with Gasteiger partial charge in [0, 0.05) is 23.1 Å². The van der Waals surface area contributed by atoms with E-state index in [4.69, 9.17) is 27.6 Å². The molecule has 0 bridgehead atoms. The van der Waals surface area contributed by atoms with Crippen LogP contribution in [0.4, 0.5) is 0 Å². The summed E-state index contributed by atoms with van der Waals surface area (Å²) in [7, 11) is -3.93. The monoisotopic (exact) mass is 598 g/mol. The van der Waals surface area contributed by atoms with Crippen LogP contribution in [0.1, 0.15) is 22.6 Å². The van der Waals surface area contributed by atoms with Crippen LogP contribution < -0.4 is 10.7 Å². The molecule has 0 radical (unpaired) electrons. The summed E-state index contributed by atoms with van der Waals surface area (Å²) >= 11 is 11.9. The van der Waals surface area contributed by atoms with Crippen LogP contribution >= 0.6 is 23.2 Å². The summed E-state index contributed by atoms with van der Waals surface area (Å²) in [6, 6.07) is 25.0. The number of carbonyl (C=O) groups excluding carboxylic acids is 2. The summed E-state index contributed by atoms with van der Waals surface area (Å²) in [4.78, 5) is 24.1. The molecule has 0 unspecified atom stereocenters. The minimum atomic E-state index is -3.93. The predicted molar refractivity (Wildman–Crippen MR) is 152 cm³/mol. The molecule has 0 fully saturated rings. The fourth-order valence-electron chi connectivity index (χ4n) is 3.56. The molecule has 4 rings (SSSR count). The average molecular weight is 599 g/mol. The molecule has 1 heterocycles. The third kappa shape index (κ3) is 8.03. The molecule has 0 spiro atoms. The second-order valence-electron chi connectivity index (χ2n) is 8.52. The lowest BCUT2D eigenvalue weighted by molar-refractivity contribution is -0.139. The molecule has 12 heteroatoms. The van der Waals surface area contributed by atoms with Gasteiger partial charge >= 0.3 is 11.8 Å². The highest BCUT2D eigenvalue weighted by atomic mass is 35.5. The van der Waals surface area contributed by atoms with E-state index in [0.29, 0.717) is 15.8 Å². The van der Waals surface area contributed by atoms with E-state index in [1.807, 2.05) is 30.3 Å². The molecule has 4 aromatic rings. The first-order chi connectivity index (χ1) is 19.2. The summed E-state index contributed by atoms with van der Waals surface area (Å²) in [5, 5.41) is 7.21. The van der Waals surface area contributed by atoms with Crippen LogP contribution in [0.25, 0.3) is 0 Å². The second kappa shape index (κ2) is 13.4. The molecule has 2 amide bonds. The van der Waals surface area contributed by atoms with Gasteiger partial charge in [-0.05, 0) is 59.7 Å². The molecular formula is C28H24Cl2N4O5S. The lowest BCUT2D eigenvalue weighted by atomic mass is 10.2. The number of hydrogen-bond donors (Lipinski definition) is 2. The molecule has 40 heavy (non-hydrogen) atoms. The van der Waals surface area contributed by atoms with Gasteiger partial charge in [0.2, 0.25) is 10.0 Å². The Balaban J connectivity index is 1.41. The summed E-state index contributed by atoms with van der Waals surface area (Å²) in [6.45, 7) is 0.167. The first kappa shape index (κ1) is 29.0. The van der Waals surface area contributed by atoms with Gasteiger partial charge in [-0.15, -0.1) is 0 Å². The van der Waals surface area contributed by atoms with Gasteiger partial charge in [0.15, 0.2) is 0 Å². The van der Waals surface area contributed by atoms with E-state index in [9.17, 15) is 18.0 Å². The fourth-order valence-corrected chi connectivity index (χ4v) is 5.21. The van der Waals surface area contributed by atoms with Gasteiger partial charge in [-0.3, -0.25) is 9.59 Å². The lowest BCUT2D eigenvalue weighted by Gasteiger charge is -2.21. The number of nitrogens with one attached hydrogen (secondary N) is 2. The van der Waals surface area contributed by atoms with Gasteiger partial charge in [-0.2, -0.15) is 9.41 Å². The maximum absolute atomic E-state index is 13.5. The molecular weight excluding hydrogens is 575 g/mol. The Hall–Kier alpha value is -3.96. The maximum atomic E-state index is 13.5. The predicted octanol–water partition coefficient (Wildman–Crippen LogP) is 4.74. The first-order valence-corrected chi connectivity index (χ1v) is 14.1. The molecule has 0 saturated carbocycles. The number of sulfonamides is 1. The van der Waals surface area contributed by atoms with E-state index in [2.05, 4.69) is 15.8 Å². The Morgan fingerprint density at radius 3 is 2.12 bits per heavy atom. The van der Waals surface area contributed by atoms with Crippen LogP contribution in [0.15, 0.2) is 105 Å². The maximum Gasteiger partial charge on any atom is 0.329 e. The average Bonchev–Trinajstić information content (AvgIpc) is 3.40. The zero-order valence-electron chi connectivity index (χ0n) is 21.0. The highest BCUT2D eigenvalue weighted by Gasteiger charge is 2.26. The minimum absolute atomic E-state index is 0.0560. The first-order valence-electron chi connectivity index (χ1n) is 11.9. The van der Waals surface area contributed by atoms with Crippen LogP contribution in [0.2, 0.25) is 10.0 Å². The van der Waals surface area contributed by atoms with Gasteiger partial charge in [-0.25, -0.2) is 13.8 Å². The van der Waals surface area contributed by atoms with Crippen molar-refractivity contribution >= 4 is 51.3 Å². The third-order valence-electron chi connectivity index (χ3n) is 5.60. The van der Waals surface area contributed by atoms with Crippen molar-refractivity contribution in [3.63, 3.8) is 0 Å². The SMILES string of the molecule is O=C(NCc1ccccc1)C(=O)NN=Cc1ccc(CN(Cc2ccc(Cl)cc2)S(=O)(=O)c2ccc(Cl)cc2)o1. The Morgan fingerprint density at radius 2 is 1.45 bits per heavy atom. The van der Waals surface area contributed by atoms with Crippen molar-refractivity contribution in [3.05, 3.63) is 124 Å². The summed E-state index contributed by atoms with van der Waals surface area (Å²) in [5.74, 6) is -1.20. The van der Waals surface area contributed by atoms with Crippen molar-refractivity contribution in [3.8, 4) is 0 Å². The Labute approximate surface area is 241 Å². The number of nitrogens with zero attached hydrogens (tertiary/aromatic N) is 2. The standard InChI is InChI=1S/C28H24Cl2N4O5S/c29-22-8-6-21(7-9-22)18-34(40(37,38)26-14-10-23(30)11-15-26)19-25-13-12-24(39-25)17-32-33-28(36)27(35)31-16-20-4-2-1-3-5-20/h1-15,17H,16,18-19H2,(H,31,35)(H,33,36). The molecule has 0 atom stereocenters. The largest absolute Gasteiger partial charge is 0.459 e. The van der Waals surface area contributed by atoms with Gasteiger partial charge < -0.3 is 9.73 Å². The Morgan fingerprint density at radius 1 is 0.800 bits per heavy atom. The topological polar surface area (TPSA) is 121 Å². The van der Waals surface area contributed by atoms with E-state index >= 15 is 0 Å². The van der Waals surface area contributed by atoms with Gasteiger partial charge in [0.05, 0.1) is 17.7 Å². The summed E-state index contributed by atoms with van der Waals surface area (Å²) in [5.41, 5.74) is 3.71. The molecule has 206 valence electrons. The molecule has 0 aliphatic carbocycles. The third-order valence-corrected chi connectivity index (χ3v) is 7.91. The molecule has 0 aliphatic rings. The summed E-state index contributed by atoms with van der Waals surface area (Å²) in [6.07, 6.45) is 1.21. The Kier molecular flexibility index (Phi) is 9.73. The highest BCUT2D eigenvalue weighted by Crippen LogP contribution is 2.24. The smallest absolute Gasteiger partial charge is 0.329 e. The van der Waals surface area contributed by atoms with Crippen molar-refractivity contribution in [2.24, 2.45) is 5.10 Å². The van der Waals surface area contributed by atoms with Crippen LogP contribution in [0, 0.1) is 0 Å². The van der Waals surface area contributed by atoms with Gasteiger partial charge in [-0.1, -0.05) is 65.7 Å². The lowest BCUT2D eigenvalue weighted by Crippen LogP contribution is -2.37. The minimum Gasteiger partial charge on any atom is -0.459 e. The number of hydrogen-bond acceptors (Lipinski definition) is 6. The van der Waals surface area contributed by atoms with Gasteiger partial charge in [0.1, 0.15) is 11.5 Å². The van der Waals surface area contributed by atoms with E-state index in [1.54, 1.807) is 36.4 Å². The second-order valence-corrected chi connectivity index (χ2v) is 11.3. The van der Waals surface area contributed by atoms with Crippen LogP contribution in [0.3, 0.4) is 0 Å². The van der Waals surface area contributed by atoms with Crippen LogP contribution in [-0.4, -0.2) is 30.8 Å². The molecule has 0 saturated heterocycles. The van der Waals surface area contributed by atoms with Gasteiger partial charge in [0.25, 0.3) is 0 Å². The molecule has 0 aliphatic heterocycles. The number of amides is 2. The van der Waals surface area contributed by atoms with E-state index in [1.165, 1.54) is 34.8 Å². The number of rotatable bonds is 10. The van der Waals surface area contributed by atoms with Crippen molar-refractivity contribution in [2.45, 2.75) is 24.5 Å². The van der Waals surface area contributed by atoms with Crippen molar-refractivity contribution in [1.29, 1.82) is 0 Å². The zero-order chi connectivity index (χ0) is 28.5. The summed E-state index contributed by atoms with van der Waals surface area (Å²) < 4.78 is 33.9. The normalized spacial score (nSPS) is 11.6. The number of hydrazone groups is 1. The van der Waals surface area contributed by atoms with Crippen molar-refractivity contribution in [1.82, 2.24) is 15.0 Å². The molecule has 9 nitrogen and oxygen atoms in total.